The van der Waals surface area contributed by atoms with Gasteiger partial charge in [-0.1, -0.05) is 53.8 Å². The van der Waals surface area contributed by atoms with Crippen molar-refractivity contribution in [2.24, 2.45) is 0 Å². The molecule has 0 aliphatic heterocycles. The van der Waals surface area contributed by atoms with E-state index in [0.29, 0.717) is 5.56 Å². The Hall–Kier alpha value is -2.85. The van der Waals surface area contributed by atoms with Crippen molar-refractivity contribution >= 4 is 0 Å². The molecule has 0 fully saturated rings. The Kier molecular flexibility index (Phi) is 4.26. The third-order valence-corrected chi connectivity index (χ3v) is 3.79. The van der Waals surface area contributed by atoms with Gasteiger partial charge in [0.1, 0.15) is 5.82 Å². The van der Waals surface area contributed by atoms with Gasteiger partial charge in [-0.05, 0) is 60.9 Å². The van der Waals surface area contributed by atoms with Gasteiger partial charge in [0.25, 0.3) is 0 Å². The Morgan fingerprint density at radius 3 is 1.74 bits per heavy atom. The Balaban J connectivity index is 1.82. The van der Waals surface area contributed by atoms with Crippen molar-refractivity contribution in [3.05, 3.63) is 94.8 Å². The predicted octanol–water partition coefficient (Wildman–Crippen LogP) is 5.51. The molecule has 1 heteroatoms. The van der Waals surface area contributed by atoms with Gasteiger partial charge in [0.05, 0.1) is 0 Å². The summed E-state index contributed by atoms with van der Waals surface area (Å²) in [6.45, 7) is 3.83. The van der Waals surface area contributed by atoms with Crippen LogP contribution in [-0.2, 0) is 0 Å². The first-order valence-electron chi connectivity index (χ1n) is 7.57. The van der Waals surface area contributed by atoms with Gasteiger partial charge in [-0.15, -0.1) is 0 Å². The fourth-order valence-corrected chi connectivity index (χ4v) is 2.30. The lowest BCUT2D eigenvalue weighted by Gasteiger charge is -2.03. The zero-order valence-electron chi connectivity index (χ0n) is 13.2. The summed E-state index contributed by atoms with van der Waals surface area (Å²) in [6.07, 6.45) is 0. The second-order valence-corrected chi connectivity index (χ2v) is 5.66. The van der Waals surface area contributed by atoms with Gasteiger partial charge < -0.3 is 0 Å². The van der Waals surface area contributed by atoms with E-state index >= 15 is 0 Å². The molecule has 0 unspecified atom stereocenters. The van der Waals surface area contributed by atoms with Crippen LogP contribution < -0.4 is 0 Å². The van der Waals surface area contributed by atoms with Gasteiger partial charge in [-0.2, -0.15) is 0 Å². The third-order valence-electron chi connectivity index (χ3n) is 3.79. The fraction of sp³-hybridized carbons (Fsp3) is 0.0909. The molecule has 0 aliphatic rings. The summed E-state index contributed by atoms with van der Waals surface area (Å²) in [7, 11) is 0. The van der Waals surface area contributed by atoms with Crippen molar-refractivity contribution in [1.29, 1.82) is 0 Å². The van der Waals surface area contributed by atoms with Crippen molar-refractivity contribution in [1.82, 2.24) is 0 Å². The summed E-state index contributed by atoms with van der Waals surface area (Å²) < 4.78 is 13.7. The Morgan fingerprint density at radius 2 is 1.17 bits per heavy atom. The molecular weight excluding hydrogens is 283 g/mol. The molecule has 0 bridgehead atoms. The molecule has 0 amide bonds. The molecule has 3 rings (SSSR count). The highest BCUT2D eigenvalue weighted by Gasteiger charge is 2.01. The Labute approximate surface area is 136 Å². The van der Waals surface area contributed by atoms with Crippen LogP contribution in [0.1, 0.15) is 22.3 Å². The lowest BCUT2D eigenvalue weighted by molar-refractivity contribution is 0.619. The summed E-state index contributed by atoms with van der Waals surface area (Å²) in [5.41, 5.74) is 5.71. The highest BCUT2D eigenvalue weighted by atomic mass is 19.1. The highest BCUT2D eigenvalue weighted by molar-refractivity contribution is 5.65. The van der Waals surface area contributed by atoms with E-state index in [1.165, 1.54) is 5.56 Å². The third kappa shape index (κ3) is 3.67. The van der Waals surface area contributed by atoms with Gasteiger partial charge in [0.15, 0.2) is 0 Å². The highest BCUT2D eigenvalue weighted by Crippen LogP contribution is 2.22. The van der Waals surface area contributed by atoms with Gasteiger partial charge in [-0.25, -0.2) is 4.39 Å². The predicted molar refractivity (Wildman–Crippen MR) is 93.7 cm³/mol. The standard InChI is InChI=1S/C22H17F/c1-16-3-6-18(7-4-16)8-9-19-10-13-20(14-11-19)21-12-5-17(2)22(23)15-21/h3-7,10-15H,1-2H3. The first-order chi connectivity index (χ1) is 11.1. The number of benzene rings is 3. The summed E-state index contributed by atoms with van der Waals surface area (Å²) in [4.78, 5) is 0. The maximum atomic E-state index is 13.7. The quantitative estimate of drug-likeness (QED) is 0.520. The van der Waals surface area contributed by atoms with Gasteiger partial charge in [0.2, 0.25) is 0 Å². The van der Waals surface area contributed by atoms with Crippen LogP contribution in [0, 0.1) is 31.5 Å². The molecule has 3 aromatic rings. The van der Waals surface area contributed by atoms with E-state index in [1.807, 2.05) is 42.5 Å². The van der Waals surface area contributed by atoms with E-state index in [0.717, 1.165) is 22.3 Å². The van der Waals surface area contributed by atoms with Crippen molar-refractivity contribution in [3.8, 4) is 23.0 Å². The largest absolute Gasteiger partial charge is 0.207 e. The fourth-order valence-electron chi connectivity index (χ4n) is 2.30. The van der Waals surface area contributed by atoms with E-state index < -0.39 is 0 Å². The maximum Gasteiger partial charge on any atom is 0.126 e. The second kappa shape index (κ2) is 6.50. The van der Waals surface area contributed by atoms with Crippen molar-refractivity contribution in [2.45, 2.75) is 13.8 Å². The van der Waals surface area contributed by atoms with E-state index in [-0.39, 0.29) is 5.82 Å². The minimum atomic E-state index is -0.175. The molecule has 0 radical (unpaired) electrons. The zero-order valence-corrected chi connectivity index (χ0v) is 13.2. The molecular formula is C22H17F. The molecule has 0 heterocycles. The molecule has 3 aromatic carbocycles. The summed E-state index contributed by atoms with van der Waals surface area (Å²) >= 11 is 0. The number of hydrogen-bond donors (Lipinski definition) is 0. The molecule has 0 atom stereocenters. The van der Waals surface area contributed by atoms with Crippen LogP contribution in [0.4, 0.5) is 4.39 Å². The van der Waals surface area contributed by atoms with Crippen LogP contribution in [-0.4, -0.2) is 0 Å². The van der Waals surface area contributed by atoms with Crippen LogP contribution in [0.2, 0.25) is 0 Å². The molecule has 0 saturated heterocycles. The van der Waals surface area contributed by atoms with Crippen LogP contribution in [0.15, 0.2) is 66.7 Å². The molecule has 23 heavy (non-hydrogen) atoms. The van der Waals surface area contributed by atoms with E-state index in [9.17, 15) is 4.39 Å². The average molecular weight is 300 g/mol. The first-order valence-corrected chi connectivity index (χ1v) is 7.57. The van der Waals surface area contributed by atoms with Crippen molar-refractivity contribution < 1.29 is 4.39 Å². The van der Waals surface area contributed by atoms with Crippen LogP contribution in [0.5, 0.6) is 0 Å². The molecule has 0 N–H and O–H groups in total. The van der Waals surface area contributed by atoms with Crippen LogP contribution in [0.25, 0.3) is 11.1 Å². The van der Waals surface area contributed by atoms with Crippen molar-refractivity contribution in [3.63, 3.8) is 0 Å². The van der Waals surface area contributed by atoms with Gasteiger partial charge in [0, 0.05) is 11.1 Å². The first kappa shape index (κ1) is 15.1. The molecule has 112 valence electrons. The van der Waals surface area contributed by atoms with Crippen LogP contribution >= 0.6 is 0 Å². The summed E-state index contributed by atoms with van der Waals surface area (Å²) in [5, 5.41) is 0. The van der Waals surface area contributed by atoms with Gasteiger partial charge in [-0.3, -0.25) is 0 Å². The maximum absolute atomic E-state index is 13.7. The molecule has 0 nitrogen and oxygen atoms in total. The molecule has 0 aromatic heterocycles. The minimum absolute atomic E-state index is 0.175. The zero-order chi connectivity index (χ0) is 16.2. The van der Waals surface area contributed by atoms with E-state index in [4.69, 9.17) is 0 Å². The number of hydrogen-bond acceptors (Lipinski definition) is 0. The monoisotopic (exact) mass is 300 g/mol. The second-order valence-electron chi connectivity index (χ2n) is 5.66. The van der Waals surface area contributed by atoms with Crippen LogP contribution in [0.3, 0.4) is 0 Å². The summed E-state index contributed by atoms with van der Waals surface area (Å²) in [5.74, 6) is 6.13. The van der Waals surface area contributed by atoms with Gasteiger partial charge >= 0.3 is 0 Å². The SMILES string of the molecule is Cc1ccc(C#Cc2ccc(-c3ccc(C)c(F)c3)cc2)cc1. The number of aryl methyl sites for hydroxylation is 2. The molecule has 0 spiro atoms. The number of halogens is 1. The number of rotatable bonds is 1. The topological polar surface area (TPSA) is 0 Å². The van der Waals surface area contributed by atoms with E-state index in [1.54, 1.807) is 19.1 Å². The molecule has 0 saturated carbocycles. The smallest absolute Gasteiger partial charge is 0.126 e. The molecule has 0 aliphatic carbocycles. The minimum Gasteiger partial charge on any atom is -0.207 e. The Bertz CT molecular complexity index is 876. The Morgan fingerprint density at radius 1 is 0.652 bits per heavy atom. The lowest BCUT2D eigenvalue weighted by Crippen LogP contribution is -1.85. The normalized spacial score (nSPS) is 10.0. The lowest BCUT2D eigenvalue weighted by atomic mass is 10.0. The summed E-state index contributed by atoms with van der Waals surface area (Å²) in [6, 6.07) is 21.3. The van der Waals surface area contributed by atoms with Crippen molar-refractivity contribution in [2.75, 3.05) is 0 Å². The average Bonchev–Trinajstić information content (AvgIpc) is 2.57. The van der Waals surface area contributed by atoms with E-state index in [2.05, 4.69) is 30.9 Å².